The van der Waals surface area contributed by atoms with Crippen LogP contribution in [0.5, 0.6) is 5.75 Å². The molecule has 1 fully saturated rings. The second-order valence-electron chi connectivity index (χ2n) is 5.05. The van der Waals surface area contributed by atoms with E-state index in [1.807, 2.05) is 18.2 Å². The van der Waals surface area contributed by atoms with Crippen molar-refractivity contribution >= 4 is 5.97 Å². The fraction of sp³-hybridized carbons (Fsp3) is 0.500. The van der Waals surface area contributed by atoms with Crippen molar-refractivity contribution in [1.29, 1.82) is 0 Å². The fourth-order valence-electron chi connectivity index (χ4n) is 2.91. The van der Waals surface area contributed by atoms with Gasteiger partial charge in [-0.25, -0.2) is 4.79 Å². The molecule has 0 N–H and O–H groups in total. The second kappa shape index (κ2) is 4.28. The van der Waals surface area contributed by atoms with Crippen LogP contribution in [0.3, 0.4) is 0 Å². The van der Waals surface area contributed by atoms with Gasteiger partial charge in [-0.15, -0.1) is 0 Å². The summed E-state index contributed by atoms with van der Waals surface area (Å²) in [5.74, 6) is 0.911. The third-order valence-electron chi connectivity index (χ3n) is 3.90. The number of benzene rings is 1. The van der Waals surface area contributed by atoms with Crippen molar-refractivity contribution in [2.75, 3.05) is 27.2 Å². The highest BCUT2D eigenvalue weighted by Gasteiger charge is 2.38. The minimum absolute atomic E-state index is 0.0177. The van der Waals surface area contributed by atoms with Crippen LogP contribution >= 0.6 is 0 Å². The number of methoxy groups -OCH3 is 1. The average Bonchev–Trinajstić information content (AvgIpc) is 2.38. The third kappa shape index (κ3) is 1.77. The molecule has 96 valence electrons. The van der Waals surface area contributed by atoms with Gasteiger partial charge in [0.05, 0.1) is 12.7 Å². The summed E-state index contributed by atoms with van der Waals surface area (Å²) in [7, 11) is 3.71. The van der Waals surface area contributed by atoms with Crippen molar-refractivity contribution < 1.29 is 14.3 Å². The highest BCUT2D eigenvalue weighted by Crippen LogP contribution is 2.38. The molecule has 18 heavy (non-hydrogen) atoms. The van der Waals surface area contributed by atoms with Crippen LogP contribution in [-0.4, -0.2) is 44.2 Å². The summed E-state index contributed by atoms with van der Waals surface area (Å²) in [6, 6.07) is 5.61. The van der Waals surface area contributed by atoms with Gasteiger partial charge in [0, 0.05) is 12.5 Å². The number of likely N-dealkylation sites (tertiary alicyclic amines) is 1. The second-order valence-corrected chi connectivity index (χ2v) is 5.05. The predicted molar refractivity (Wildman–Crippen MR) is 67.1 cm³/mol. The summed E-state index contributed by atoms with van der Waals surface area (Å²) in [5.41, 5.74) is 1.78. The topological polar surface area (TPSA) is 38.8 Å². The number of hydrogen-bond acceptors (Lipinski definition) is 4. The molecule has 0 amide bonds. The number of piperidine rings is 1. The molecule has 0 unspecified atom stereocenters. The zero-order chi connectivity index (χ0) is 12.7. The van der Waals surface area contributed by atoms with Gasteiger partial charge < -0.3 is 14.4 Å². The van der Waals surface area contributed by atoms with Gasteiger partial charge in [0.25, 0.3) is 0 Å². The lowest BCUT2D eigenvalue weighted by Crippen LogP contribution is -2.45. The van der Waals surface area contributed by atoms with Crippen LogP contribution < -0.4 is 4.74 Å². The summed E-state index contributed by atoms with van der Waals surface area (Å²) in [6.45, 7) is 1.85. The number of hydrogen-bond donors (Lipinski definition) is 0. The van der Waals surface area contributed by atoms with E-state index in [2.05, 4.69) is 11.9 Å². The Morgan fingerprint density at radius 2 is 2.28 bits per heavy atom. The molecule has 0 saturated carbocycles. The highest BCUT2D eigenvalue weighted by molar-refractivity contribution is 5.93. The fourth-order valence-corrected chi connectivity index (χ4v) is 2.91. The first-order valence-electron chi connectivity index (χ1n) is 6.26. The lowest BCUT2D eigenvalue weighted by molar-refractivity contribution is -0.00456. The van der Waals surface area contributed by atoms with E-state index >= 15 is 0 Å². The first kappa shape index (κ1) is 11.5. The normalized spacial score (nSPS) is 27.1. The molecule has 2 heterocycles. The average molecular weight is 247 g/mol. The van der Waals surface area contributed by atoms with E-state index in [0.29, 0.717) is 11.5 Å². The number of nitrogens with zero attached hydrogens (tertiary/aromatic N) is 1. The number of carbonyl (C=O) groups excluding carboxylic acids is 1. The quantitative estimate of drug-likeness (QED) is 0.707. The minimum Gasteiger partial charge on any atom is -0.497 e. The number of carbonyl (C=O) groups is 1. The molecule has 2 aliphatic rings. The van der Waals surface area contributed by atoms with E-state index in [1.54, 1.807) is 7.11 Å². The Labute approximate surface area is 106 Å². The molecule has 4 heteroatoms. The van der Waals surface area contributed by atoms with E-state index < -0.39 is 0 Å². The lowest BCUT2D eigenvalue weighted by Gasteiger charge is -2.39. The highest BCUT2D eigenvalue weighted by atomic mass is 16.5. The van der Waals surface area contributed by atoms with Gasteiger partial charge in [-0.1, -0.05) is 0 Å². The molecule has 2 aliphatic heterocycles. The van der Waals surface area contributed by atoms with Crippen LogP contribution in [0.1, 0.15) is 28.3 Å². The maximum absolute atomic E-state index is 12.0. The molecule has 0 aromatic heterocycles. The van der Waals surface area contributed by atoms with E-state index in [0.717, 1.165) is 30.8 Å². The largest absolute Gasteiger partial charge is 0.497 e. The van der Waals surface area contributed by atoms with Crippen LogP contribution in [0.2, 0.25) is 0 Å². The monoisotopic (exact) mass is 247 g/mol. The van der Waals surface area contributed by atoms with Gasteiger partial charge in [-0.3, -0.25) is 0 Å². The maximum atomic E-state index is 12.0. The molecule has 1 saturated heterocycles. The van der Waals surface area contributed by atoms with Crippen LogP contribution in [0.25, 0.3) is 0 Å². The van der Waals surface area contributed by atoms with Gasteiger partial charge >= 0.3 is 5.97 Å². The number of ether oxygens (including phenoxy) is 2. The van der Waals surface area contributed by atoms with Crippen molar-refractivity contribution in [3.8, 4) is 5.75 Å². The number of esters is 1. The first-order valence-corrected chi connectivity index (χ1v) is 6.26. The Morgan fingerprint density at radius 1 is 1.44 bits per heavy atom. The Balaban J connectivity index is 2.02. The van der Waals surface area contributed by atoms with Crippen molar-refractivity contribution in [3.63, 3.8) is 0 Å². The summed E-state index contributed by atoms with van der Waals surface area (Å²) >= 11 is 0. The maximum Gasteiger partial charge on any atom is 0.338 e. The lowest BCUT2D eigenvalue weighted by atomic mass is 9.82. The number of fused-ring (bicyclic) bond motifs is 3. The van der Waals surface area contributed by atoms with Crippen molar-refractivity contribution in [3.05, 3.63) is 29.3 Å². The molecule has 0 bridgehead atoms. The van der Waals surface area contributed by atoms with Crippen molar-refractivity contribution in [2.24, 2.45) is 0 Å². The molecule has 1 aromatic carbocycles. The molecule has 0 spiro atoms. The van der Waals surface area contributed by atoms with Gasteiger partial charge in [-0.2, -0.15) is 0 Å². The zero-order valence-corrected chi connectivity index (χ0v) is 10.7. The van der Waals surface area contributed by atoms with Gasteiger partial charge in [0.2, 0.25) is 0 Å². The smallest absolute Gasteiger partial charge is 0.338 e. The van der Waals surface area contributed by atoms with Crippen LogP contribution in [-0.2, 0) is 4.74 Å². The summed E-state index contributed by atoms with van der Waals surface area (Å²) in [6.07, 6.45) is 1.00. The first-order chi connectivity index (χ1) is 8.69. The van der Waals surface area contributed by atoms with Crippen LogP contribution in [0, 0.1) is 0 Å². The Hall–Kier alpha value is -1.55. The minimum atomic E-state index is -0.204. The van der Waals surface area contributed by atoms with E-state index in [4.69, 9.17) is 9.47 Å². The van der Waals surface area contributed by atoms with Gasteiger partial charge in [-0.05, 0) is 43.8 Å². The summed E-state index contributed by atoms with van der Waals surface area (Å²) in [5, 5.41) is 0. The van der Waals surface area contributed by atoms with E-state index in [-0.39, 0.29) is 12.1 Å². The molecule has 3 rings (SSSR count). The predicted octanol–water partition coefficient (Wildman–Crippen LogP) is 1.65. The molecular weight excluding hydrogens is 230 g/mol. The van der Waals surface area contributed by atoms with Gasteiger partial charge in [0.1, 0.15) is 11.9 Å². The number of rotatable bonds is 1. The van der Waals surface area contributed by atoms with Crippen molar-refractivity contribution in [1.82, 2.24) is 4.90 Å². The van der Waals surface area contributed by atoms with E-state index in [9.17, 15) is 4.79 Å². The number of likely N-dealkylation sites (N-methyl/N-ethyl adjacent to an activating group) is 1. The molecule has 0 radical (unpaired) electrons. The summed E-state index contributed by atoms with van der Waals surface area (Å²) < 4.78 is 10.8. The zero-order valence-electron chi connectivity index (χ0n) is 10.7. The molecule has 2 atom stereocenters. The molecule has 4 nitrogen and oxygen atoms in total. The standard InChI is InChI=1S/C14H17NO3/c1-15-6-5-10-12-7-9(17-2)3-4-11(12)14(16)18-13(10)8-15/h3-4,7,10,13H,5-6,8H2,1-2H3/t10-,13-/m1/s1. The third-order valence-corrected chi connectivity index (χ3v) is 3.90. The summed E-state index contributed by atoms with van der Waals surface area (Å²) in [4.78, 5) is 14.2. The molecule has 0 aliphatic carbocycles. The molecule has 1 aromatic rings. The Morgan fingerprint density at radius 3 is 3.06 bits per heavy atom. The van der Waals surface area contributed by atoms with Crippen LogP contribution in [0.15, 0.2) is 18.2 Å². The van der Waals surface area contributed by atoms with Crippen LogP contribution in [0.4, 0.5) is 0 Å². The Kier molecular flexibility index (Phi) is 2.74. The Bertz CT molecular complexity index is 486. The SMILES string of the molecule is COc1ccc2c(c1)[C@H]1CCN(C)C[C@H]1OC2=O. The van der Waals surface area contributed by atoms with Crippen molar-refractivity contribution in [2.45, 2.75) is 18.4 Å². The van der Waals surface area contributed by atoms with E-state index in [1.165, 1.54) is 0 Å². The molecular formula is C14H17NO3. The van der Waals surface area contributed by atoms with Gasteiger partial charge in [0.15, 0.2) is 0 Å².